The lowest BCUT2D eigenvalue weighted by molar-refractivity contribution is -0.334. The maximum Gasteiger partial charge on any atom is 0.279 e. The molecule has 1 aliphatic heterocycles. The standard InChI is InChI=1S/C40H40O7S/c41-40(48(42)35-24-14-5-15-25-35)39(46-29-34-22-12-4-13-23-34)38(45-28-33-20-10-3-11-21-33)37(44-27-32-18-8-2-9-19-32)36(47-40)30-43-26-31-16-6-1-7-17-31/h1-25,36-39,41H,26-30H2/t36-,37-,38+,39-,40+,48?/m1/s1. The zero-order chi connectivity index (χ0) is 33.0. The molecular weight excluding hydrogens is 625 g/mol. The summed E-state index contributed by atoms with van der Waals surface area (Å²) in [5, 5.41) is 10.2. The molecule has 7 nitrogen and oxygen atoms in total. The summed E-state index contributed by atoms with van der Waals surface area (Å²) in [6.07, 6.45) is -3.76. The van der Waals surface area contributed by atoms with E-state index >= 15 is 0 Å². The van der Waals surface area contributed by atoms with Crippen LogP contribution < -0.4 is 0 Å². The summed E-state index contributed by atoms with van der Waals surface area (Å²) in [7, 11) is -2.09. The van der Waals surface area contributed by atoms with Crippen molar-refractivity contribution >= 4 is 10.8 Å². The van der Waals surface area contributed by atoms with Crippen molar-refractivity contribution in [2.75, 3.05) is 6.61 Å². The second kappa shape index (κ2) is 16.9. The van der Waals surface area contributed by atoms with Crippen LogP contribution in [0.4, 0.5) is 0 Å². The molecule has 0 saturated carbocycles. The van der Waals surface area contributed by atoms with Crippen LogP contribution in [-0.4, -0.2) is 45.5 Å². The Morgan fingerprint density at radius 1 is 0.542 bits per heavy atom. The molecule has 1 unspecified atom stereocenters. The van der Waals surface area contributed by atoms with Crippen molar-refractivity contribution in [1.82, 2.24) is 0 Å². The highest BCUT2D eigenvalue weighted by Gasteiger charge is 2.60. The van der Waals surface area contributed by atoms with Crippen LogP contribution in [0.15, 0.2) is 157 Å². The van der Waals surface area contributed by atoms with Crippen LogP contribution >= 0.6 is 0 Å². The van der Waals surface area contributed by atoms with E-state index in [9.17, 15) is 9.32 Å². The minimum atomic E-state index is -2.31. The molecule has 8 heteroatoms. The van der Waals surface area contributed by atoms with Crippen LogP contribution in [0.25, 0.3) is 0 Å². The van der Waals surface area contributed by atoms with Crippen LogP contribution in [0.2, 0.25) is 0 Å². The summed E-state index contributed by atoms with van der Waals surface area (Å²) in [5.41, 5.74) is 3.75. The van der Waals surface area contributed by atoms with Crippen molar-refractivity contribution in [1.29, 1.82) is 0 Å². The van der Waals surface area contributed by atoms with Crippen LogP contribution in [0.1, 0.15) is 22.3 Å². The average Bonchev–Trinajstić information content (AvgIpc) is 3.15. The normalized spacial score (nSPS) is 23.0. The number of aliphatic hydroxyl groups is 1. The van der Waals surface area contributed by atoms with Gasteiger partial charge in [-0.3, -0.25) is 0 Å². The second-order valence-corrected chi connectivity index (χ2v) is 13.2. The third kappa shape index (κ3) is 8.72. The average molecular weight is 665 g/mol. The lowest BCUT2D eigenvalue weighted by atomic mass is 9.97. The van der Waals surface area contributed by atoms with Crippen LogP contribution in [-0.2, 0) is 60.9 Å². The molecule has 5 aromatic carbocycles. The van der Waals surface area contributed by atoms with E-state index in [-0.39, 0.29) is 26.4 Å². The van der Waals surface area contributed by atoms with Gasteiger partial charge in [0.05, 0.1) is 33.0 Å². The number of rotatable bonds is 15. The summed E-state index contributed by atoms with van der Waals surface area (Å²) in [4.78, 5) is 0.391. The fraction of sp³-hybridized carbons (Fsp3) is 0.250. The highest BCUT2D eigenvalue weighted by Crippen LogP contribution is 2.39. The van der Waals surface area contributed by atoms with Gasteiger partial charge in [0.1, 0.15) is 29.1 Å². The Bertz CT molecular complexity index is 1680. The SMILES string of the molecule is O=S(c1ccccc1)[C@@]1(O)O[C@H](COCc2ccccc2)[C@@H](OCc2ccccc2)[C@H](OCc2ccccc2)[C@H]1OCc1ccccc1. The summed E-state index contributed by atoms with van der Waals surface area (Å²) in [5.74, 6) is 0. The largest absolute Gasteiger partial charge is 0.374 e. The molecule has 0 aliphatic carbocycles. The Hall–Kier alpha value is -3.99. The van der Waals surface area contributed by atoms with Gasteiger partial charge in [-0.1, -0.05) is 140 Å². The number of benzene rings is 5. The van der Waals surface area contributed by atoms with Gasteiger partial charge in [-0.2, -0.15) is 0 Å². The first kappa shape index (κ1) is 33.9. The van der Waals surface area contributed by atoms with Gasteiger partial charge in [-0.05, 0) is 34.4 Å². The topological polar surface area (TPSA) is 83.5 Å². The first-order chi connectivity index (χ1) is 23.6. The van der Waals surface area contributed by atoms with E-state index in [0.717, 1.165) is 22.3 Å². The van der Waals surface area contributed by atoms with Crippen LogP contribution in [0.3, 0.4) is 0 Å². The monoisotopic (exact) mass is 664 g/mol. The molecule has 0 spiro atoms. The third-order valence-electron chi connectivity index (χ3n) is 8.13. The van der Waals surface area contributed by atoms with Crippen molar-refractivity contribution < 1.29 is 33.0 Å². The van der Waals surface area contributed by atoms with E-state index in [1.54, 1.807) is 24.3 Å². The maximum absolute atomic E-state index is 14.4. The zero-order valence-corrected chi connectivity index (χ0v) is 27.4. The van der Waals surface area contributed by atoms with Crippen molar-refractivity contribution in [3.63, 3.8) is 0 Å². The highest BCUT2D eigenvalue weighted by molar-refractivity contribution is 7.86. The predicted octanol–water partition coefficient (Wildman–Crippen LogP) is 6.81. The molecule has 248 valence electrons. The van der Waals surface area contributed by atoms with Crippen molar-refractivity contribution in [3.05, 3.63) is 174 Å². The summed E-state index contributed by atoms with van der Waals surface area (Å²) >= 11 is 0. The molecule has 5 aromatic rings. The number of hydrogen-bond donors (Lipinski definition) is 1. The molecule has 1 saturated heterocycles. The molecule has 0 bridgehead atoms. The maximum atomic E-state index is 14.4. The number of ether oxygens (including phenoxy) is 5. The van der Waals surface area contributed by atoms with Gasteiger partial charge in [0, 0.05) is 4.90 Å². The van der Waals surface area contributed by atoms with Gasteiger partial charge in [0.2, 0.25) is 0 Å². The minimum absolute atomic E-state index is 0.0409. The van der Waals surface area contributed by atoms with Gasteiger partial charge in [0.15, 0.2) is 6.10 Å². The van der Waals surface area contributed by atoms with Crippen molar-refractivity contribution in [2.24, 2.45) is 0 Å². The van der Waals surface area contributed by atoms with Crippen molar-refractivity contribution in [3.8, 4) is 0 Å². The third-order valence-corrected chi connectivity index (χ3v) is 9.69. The minimum Gasteiger partial charge on any atom is -0.374 e. The highest BCUT2D eigenvalue weighted by atomic mass is 32.2. The Kier molecular flexibility index (Phi) is 11.9. The van der Waals surface area contributed by atoms with E-state index in [1.165, 1.54) is 0 Å². The molecule has 6 atom stereocenters. The van der Waals surface area contributed by atoms with E-state index in [0.29, 0.717) is 11.5 Å². The molecule has 1 N–H and O–H groups in total. The molecule has 0 aromatic heterocycles. The molecular formula is C40H40O7S. The summed E-state index contributed by atoms with van der Waals surface area (Å²) < 4.78 is 46.9. The van der Waals surface area contributed by atoms with Crippen LogP contribution in [0.5, 0.6) is 0 Å². The fourth-order valence-corrected chi connectivity index (χ4v) is 7.04. The van der Waals surface area contributed by atoms with Gasteiger partial charge in [0.25, 0.3) is 5.12 Å². The van der Waals surface area contributed by atoms with Crippen LogP contribution in [0, 0.1) is 0 Å². The Labute approximate surface area is 284 Å². The van der Waals surface area contributed by atoms with Gasteiger partial charge >= 0.3 is 0 Å². The van der Waals surface area contributed by atoms with E-state index in [4.69, 9.17) is 23.7 Å². The smallest absolute Gasteiger partial charge is 0.279 e. The second-order valence-electron chi connectivity index (χ2n) is 11.6. The van der Waals surface area contributed by atoms with Gasteiger partial charge < -0.3 is 28.8 Å². The van der Waals surface area contributed by atoms with E-state index in [2.05, 4.69) is 0 Å². The fourth-order valence-electron chi connectivity index (χ4n) is 5.68. The van der Waals surface area contributed by atoms with Gasteiger partial charge in [-0.25, -0.2) is 4.21 Å². The van der Waals surface area contributed by atoms with E-state index < -0.39 is 40.3 Å². The molecule has 0 radical (unpaired) electrons. The molecule has 1 aliphatic rings. The summed E-state index contributed by atoms with van der Waals surface area (Å²) in [6.45, 7) is 0.929. The lowest BCUT2D eigenvalue weighted by Crippen LogP contribution is -2.68. The Morgan fingerprint density at radius 2 is 0.938 bits per heavy atom. The Balaban J connectivity index is 1.37. The number of hydrogen-bond acceptors (Lipinski definition) is 7. The molecule has 1 heterocycles. The molecule has 0 amide bonds. The zero-order valence-electron chi connectivity index (χ0n) is 26.6. The predicted molar refractivity (Wildman–Crippen MR) is 184 cm³/mol. The first-order valence-corrected chi connectivity index (χ1v) is 17.2. The van der Waals surface area contributed by atoms with E-state index in [1.807, 2.05) is 127 Å². The molecule has 1 fully saturated rings. The van der Waals surface area contributed by atoms with Crippen molar-refractivity contribution in [2.45, 2.75) is 60.9 Å². The first-order valence-electron chi connectivity index (χ1n) is 16.1. The quantitative estimate of drug-likeness (QED) is 0.132. The van der Waals surface area contributed by atoms with Gasteiger partial charge in [-0.15, -0.1) is 0 Å². The lowest BCUT2D eigenvalue weighted by Gasteiger charge is -2.49. The Morgan fingerprint density at radius 3 is 1.42 bits per heavy atom. The molecule has 6 rings (SSSR count). The summed E-state index contributed by atoms with van der Waals surface area (Å²) in [6, 6.07) is 47.8. The molecule has 48 heavy (non-hydrogen) atoms.